The summed E-state index contributed by atoms with van der Waals surface area (Å²) >= 11 is 0. The summed E-state index contributed by atoms with van der Waals surface area (Å²) in [6, 6.07) is 13.6. The summed E-state index contributed by atoms with van der Waals surface area (Å²) in [6.45, 7) is 4.02. The van der Waals surface area contributed by atoms with Gasteiger partial charge in [0.2, 0.25) is 0 Å². The Morgan fingerprint density at radius 1 is 0.941 bits per heavy atom. The van der Waals surface area contributed by atoms with Crippen LogP contribution in [0.1, 0.15) is 28.4 Å². The summed E-state index contributed by atoms with van der Waals surface area (Å²) < 4.78 is 0. The normalized spacial score (nSPS) is 12.4. The van der Waals surface area contributed by atoms with Crippen LogP contribution in [0.25, 0.3) is 0 Å². The first-order valence-electron chi connectivity index (χ1n) is 5.68. The lowest BCUT2D eigenvalue weighted by Gasteiger charge is -2.14. The molecule has 0 fully saturated rings. The van der Waals surface area contributed by atoms with Crippen molar-refractivity contribution in [2.45, 2.75) is 20.0 Å². The van der Waals surface area contributed by atoms with Crippen molar-refractivity contribution in [3.05, 3.63) is 64.7 Å². The Morgan fingerprint density at radius 2 is 1.53 bits per heavy atom. The van der Waals surface area contributed by atoms with Gasteiger partial charge < -0.3 is 10.8 Å². The molecule has 0 aliphatic rings. The monoisotopic (exact) mass is 227 g/mol. The topological polar surface area (TPSA) is 46.2 Å². The summed E-state index contributed by atoms with van der Waals surface area (Å²) in [5, 5.41) is 10.3. The van der Waals surface area contributed by atoms with Crippen molar-refractivity contribution < 1.29 is 5.11 Å². The molecule has 0 spiro atoms. The van der Waals surface area contributed by atoms with Crippen LogP contribution in [0.15, 0.2) is 42.5 Å². The van der Waals surface area contributed by atoms with E-state index in [2.05, 4.69) is 0 Å². The Morgan fingerprint density at radius 3 is 2.18 bits per heavy atom. The molecular formula is C15H17NO. The van der Waals surface area contributed by atoms with Crippen molar-refractivity contribution in [2.24, 2.45) is 0 Å². The zero-order chi connectivity index (χ0) is 12.4. The maximum absolute atomic E-state index is 10.3. The lowest BCUT2D eigenvalue weighted by molar-refractivity contribution is 0.221. The number of aliphatic hydroxyl groups excluding tert-OH is 1. The molecule has 0 aliphatic carbocycles. The van der Waals surface area contributed by atoms with Crippen molar-refractivity contribution in [2.75, 3.05) is 5.73 Å². The molecule has 0 saturated heterocycles. The fourth-order valence-corrected chi connectivity index (χ4v) is 1.86. The first kappa shape index (κ1) is 11.7. The molecule has 88 valence electrons. The summed E-state index contributed by atoms with van der Waals surface area (Å²) in [5.74, 6) is 0. The van der Waals surface area contributed by atoms with Crippen LogP contribution in [0, 0.1) is 13.8 Å². The van der Waals surface area contributed by atoms with Crippen LogP contribution in [-0.2, 0) is 0 Å². The summed E-state index contributed by atoms with van der Waals surface area (Å²) in [7, 11) is 0. The van der Waals surface area contributed by atoms with Crippen LogP contribution >= 0.6 is 0 Å². The number of rotatable bonds is 2. The molecule has 2 aromatic rings. The fraction of sp³-hybridized carbons (Fsp3) is 0.200. The molecule has 3 N–H and O–H groups in total. The molecule has 2 heteroatoms. The third kappa shape index (κ3) is 2.48. The average molecular weight is 227 g/mol. The van der Waals surface area contributed by atoms with E-state index in [0.717, 1.165) is 16.7 Å². The second-order valence-corrected chi connectivity index (χ2v) is 4.45. The SMILES string of the molecule is Cc1ccc(C(O)c2cc(C)ccc2N)cc1. The van der Waals surface area contributed by atoms with Gasteiger partial charge >= 0.3 is 0 Å². The smallest absolute Gasteiger partial charge is 0.106 e. The molecule has 0 amide bonds. The zero-order valence-electron chi connectivity index (χ0n) is 10.1. The molecule has 0 bridgehead atoms. The fourth-order valence-electron chi connectivity index (χ4n) is 1.86. The highest BCUT2D eigenvalue weighted by molar-refractivity contribution is 5.52. The lowest BCUT2D eigenvalue weighted by atomic mass is 9.98. The second-order valence-electron chi connectivity index (χ2n) is 4.45. The predicted octanol–water partition coefficient (Wildman–Crippen LogP) is 2.97. The Labute approximate surface area is 102 Å². The molecule has 1 unspecified atom stereocenters. The third-order valence-electron chi connectivity index (χ3n) is 2.93. The zero-order valence-corrected chi connectivity index (χ0v) is 10.1. The number of hydrogen-bond donors (Lipinski definition) is 2. The number of benzene rings is 2. The van der Waals surface area contributed by atoms with E-state index < -0.39 is 6.10 Å². The molecule has 2 aromatic carbocycles. The molecular weight excluding hydrogens is 210 g/mol. The van der Waals surface area contributed by atoms with Gasteiger partial charge in [-0.1, -0.05) is 47.5 Å². The Kier molecular flexibility index (Phi) is 3.16. The van der Waals surface area contributed by atoms with E-state index >= 15 is 0 Å². The molecule has 2 rings (SSSR count). The van der Waals surface area contributed by atoms with Crippen LogP contribution in [-0.4, -0.2) is 5.11 Å². The lowest BCUT2D eigenvalue weighted by Crippen LogP contribution is -2.04. The highest BCUT2D eigenvalue weighted by atomic mass is 16.3. The summed E-state index contributed by atoms with van der Waals surface area (Å²) in [6.07, 6.45) is -0.657. The number of nitrogen functional groups attached to an aromatic ring is 1. The summed E-state index contributed by atoms with van der Waals surface area (Å²) in [5.41, 5.74) is 10.4. The molecule has 0 aliphatic heterocycles. The van der Waals surface area contributed by atoms with Gasteiger partial charge in [-0.25, -0.2) is 0 Å². The number of aryl methyl sites for hydroxylation is 2. The van der Waals surface area contributed by atoms with Crippen LogP contribution < -0.4 is 5.73 Å². The van der Waals surface area contributed by atoms with Crippen molar-refractivity contribution in [1.29, 1.82) is 0 Å². The van der Waals surface area contributed by atoms with Gasteiger partial charge in [0.1, 0.15) is 6.10 Å². The van der Waals surface area contributed by atoms with Crippen molar-refractivity contribution in [1.82, 2.24) is 0 Å². The van der Waals surface area contributed by atoms with Gasteiger partial charge in [-0.3, -0.25) is 0 Å². The standard InChI is InChI=1S/C15H17NO/c1-10-3-6-12(7-4-10)15(17)13-9-11(2)5-8-14(13)16/h3-9,15,17H,16H2,1-2H3. The minimum Gasteiger partial charge on any atom is -0.398 e. The Hall–Kier alpha value is -1.80. The Balaban J connectivity index is 2.39. The third-order valence-corrected chi connectivity index (χ3v) is 2.93. The highest BCUT2D eigenvalue weighted by Crippen LogP contribution is 2.27. The van der Waals surface area contributed by atoms with E-state index in [1.54, 1.807) is 0 Å². The number of nitrogens with two attached hydrogens (primary N) is 1. The van der Waals surface area contributed by atoms with E-state index in [-0.39, 0.29) is 0 Å². The van der Waals surface area contributed by atoms with Gasteiger partial charge in [0.05, 0.1) is 0 Å². The Bertz CT molecular complexity index is 517. The predicted molar refractivity (Wildman–Crippen MR) is 70.8 cm³/mol. The van der Waals surface area contributed by atoms with Gasteiger partial charge in [0.25, 0.3) is 0 Å². The number of aliphatic hydroxyl groups is 1. The van der Waals surface area contributed by atoms with Crippen LogP contribution in [0.5, 0.6) is 0 Å². The van der Waals surface area contributed by atoms with Crippen molar-refractivity contribution >= 4 is 5.69 Å². The maximum Gasteiger partial charge on any atom is 0.106 e. The first-order chi connectivity index (χ1) is 8.08. The van der Waals surface area contributed by atoms with E-state index in [4.69, 9.17) is 5.73 Å². The largest absolute Gasteiger partial charge is 0.398 e. The molecule has 1 atom stereocenters. The minimum atomic E-state index is -0.657. The maximum atomic E-state index is 10.3. The number of anilines is 1. The summed E-state index contributed by atoms with van der Waals surface area (Å²) in [4.78, 5) is 0. The molecule has 0 aromatic heterocycles. The van der Waals surface area contributed by atoms with E-state index in [1.807, 2.05) is 56.3 Å². The second kappa shape index (κ2) is 4.60. The van der Waals surface area contributed by atoms with Crippen molar-refractivity contribution in [3.8, 4) is 0 Å². The van der Waals surface area contributed by atoms with Crippen LogP contribution in [0.3, 0.4) is 0 Å². The number of hydrogen-bond acceptors (Lipinski definition) is 2. The van der Waals surface area contributed by atoms with Crippen molar-refractivity contribution in [3.63, 3.8) is 0 Å². The van der Waals surface area contributed by atoms with Gasteiger partial charge in [-0.05, 0) is 25.5 Å². The van der Waals surface area contributed by atoms with E-state index in [1.165, 1.54) is 5.56 Å². The highest BCUT2D eigenvalue weighted by Gasteiger charge is 2.13. The average Bonchev–Trinajstić information content (AvgIpc) is 2.32. The van der Waals surface area contributed by atoms with Gasteiger partial charge in [0, 0.05) is 11.3 Å². The minimum absolute atomic E-state index is 0.628. The van der Waals surface area contributed by atoms with Gasteiger partial charge in [0.15, 0.2) is 0 Å². The molecule has 0 radical (unpaired) electrons. The first-order valence-corrected chi connectivity index (χ1v) is 5.68. The van der Waals surface area contributed by atoms with Gasteiger partial charge in [-0.15, -0.1) is 0 Å². The molecule has 2 nitrogen and oxygen atoms in total. The van der Waals surface area contributed by atoms with E-state index in [0.29, 0.717) is 5.69 Å². The molecule has 17 heavy (non-hydrogen) atoms. The molecule has 0 saturated carbocycles. The molecule has 0 heterocycles. The van der Waals surface area contributed by atoms with E-state index in [9.17, 15) is 5.11 Å². The van der Waals surface area contributed by atoms with Gasteiger partial charge in [-0.2, -0.15) is 0 Å². The van der Waals surface area contributed by atoms with Crippen LogP contribution in [0.4, 0.5) is 5.69 Å². The van der Waals surface area contributed by atoms with Crippen LogP contribution in [0.2, 0.25) is 0 Å². The quantitative estimate of drug-likeness (QED) is 0.775.